The highest BCUT2D eigenvalue weighted by atomic mass is 19.1. The molecule has 18 heavy (non-hydrogen) atoms. The van der Waals surface area contributed by atoms with Gasteiger partial charge in [-0.2, -0.15) is 0 Å². The Morgan fingerprint density at radius 3 is 2.78 bits per heavy atom. The molecule has 0 aliphatic carbocycles. The van der Waals surface area contributed by atoms with Crippen molar-refractivity contribution in [3.63, 3.8) is 0 Å². The molecular weight excluding hydrogens is 241 g/mol. The number of aliphatic carboxylic acids is 1. The van der Waals surface area contributed by atoms with Gasteiger partial charge in [-0.15, -0.1) is 0 Å². The maximum atomic E-state index is 13.0. The van der Waals surface area contributed by atoms with E-state index in [0.717, 1.165) is 0 Å². The summed E-state index contributed by atoms with van der Waals surface area (Å²) in [6, 6.07) is 5.50. The lowest BCUT2D eigenvalue weighted by Gasteiger charge is -2.14. The van der Waals surface area contributed by atoms with Gasteiger partial charge in [-0.25, -0.2) is 9.18 Å². The molecule has 1 atom stereocenters. The molecule has 0 aliphatic rings. The highest BCUT2D eigenvalue weighted by Crippen LogP contribution is 2.13. The van der Waals surface area contributed by atoms with Crippen LogP contribution in [0.3, 0.4) is 0 Å². The summed E-state index contributed by atoms with van der Waals surface area (Å²) < 4.78 is 17.6. The summed E-state index contributed by atoms with van der Waals surface area (Å²) in [7, 11) is 0. The second-order valence-corrected chi connectivity index (χ2v) is 3.73. The number of hydrogen-bond acceptors (Lipinski definition) is 3. The van der Waals surface area contributed by atoms with E-state index < -0.39 is 18.5 Å². The summed E-state index contributed by atoms with van der Waals surface area (Å²) in [5.74, 6) is -1.97. The van der Waals surface area contributed by atoms with Crippen molar-refractivity contribution < 1.29 is 23.8 Å². The Morgan fingerprint density at radius 1 is 1.44 bits per heavy atom. The molecule has 0 radical (unpaired) electrons. The van der Waals surface area contributed by atoms with Crippen LogP contribution in [0, 0.1) is 5.82 Å². The second-order valence-electron chi connectivity index (χ2n) is 3.73. The molecule has 0 fully saturated rings. The van der Waals surface area contributed by atoms with E-state index in [1.165, 1.54) is 12.1 Å². The Morgan fingerprint density at radius 2 is 2.17 bits per heavy atom. The molecule has 1 amide bonds. The van der Waals surface area contributed by atoms with Gasteiger partial charge in [0.2, 0.25) is 5.91 Å². The van der Waals surface area contributed by atoms with Gasteiger partial charge in [0.15, 0.2) is 0 Å². The molecule has 0 saturated heterocycles. The second kappa shape index (κ2) is 6.70. The van der Waals surface area contributed by atoms with Crippen LogP contribution in [0.1, 0.15) is 18.5 Å². The zero-order chi connectivity index (χ0) is 13.5. The summed E-state index contributed by atoms with van der Waals surface area (Å²) in [6.07, 6.45) is 0. The van der Waals surface area contributed by atoms with E-state index in [9.17, 15) is 14.0 Å². The lowest BCUT2D eigenvalue weighted by Crippen LogP contribution is -2.31. The van der Waals surface area contributed by atoms with Crippen molar-refractivity contribution in [2.45, 2.75) is 13.0 Å². The van der Waals surface area contributed by atoms with E-state index in [1.54, 1.807) is 19.1 Å². The van der Waals surface area contributed by atoms with Gasteiger partial charge in [0.05, 0.1) is 6.04 Å². The SMILES string of the molecule is C[C@H](NC(=O)COCC(=O)O)c1cccc(F)c1. The smallest absolute Gasteiger partial charge is 0.329 e. The number of ether oxygens (including phenoxy) is 1. The van der Waals surface area contributed by atoms with Crippen molar-refractivity contribution >= 4 is 11.9 Å². The van der Waals surface area contributed by atoms with Gasteiger partial charge in [-0.05, 0) is 24.6 Å². The molecule has 0 heterocycles. The third kappa shape index (κ3) is 4.92. The van der Waals surface area contributed by atoms with Gasteiger partial charge in [-0.3, -0.25) is 4.79 Å². The van der Waals surface area contributed by atoms with Crippen molar-refractivity contribution in [1.82, 2.24) is 5.32 Å². The summed E-state index contributed by atoms with van der Waals surface area (Å²) >= 11 is 0. The number of halogens is 1. The van der Waals surface area contributed by atoms with Crippen molar-refractivity contribution in [2.24, 2.45) is 0 Å². The summed E-state index contributed by atoms with van der Waals surface area (Å²) in [5, 5.41) is 10.9. The predicted octanol–water partition coefficient (Wildman–Crippen LogP) is 1.10. The quantitative estimate of drug-likeness (QED) is 0.798. The monoisotopic (exact) mass is 255 g/mol. The number of nitrogens with one attached hydrogen (secondary N) is 1. The van der Waals surface area contributed by atoms with E-state index in [1.807, 2.05) is 0 Å². The predicted molar refractivity (Wildman–Crippen MR) is 61.4 cm³/mol. The third-order valence-corrected chi connectivity index (χ3v) is 2.18. The van der Waals surface area contributed by atoms with Gasteiger partial charge in [0.25, 0.3) is 0 Å². The Labute approximate surface area is 104 Å². The van der Waals surface area contributed by atoms with Crippen LogP contribution in [0.5, 0.6) is 0 Å². The largest absolute Gasteiger partial charge is 0.480 e. The number of carbonyl (C=O) groups excluding carboxylic acids is 1. The lowest BCUT2D eigenvalue weighted by atomic mass is 10.1. The van der Waals surface area contributed by atoms with Gasteiger partial charge in [0.1, 0.15) is 19.0 Å². The number of benzene rings is 1. The summed E-state index contributed by atoms with van der Waals surface area (Å²) in [5.41, 5.74) is 0.626. The Balaban J connectivity index is 2.42. The maximum absolute atomic E-state index is 13.0. The van der Waals surface area contributed by atoms with E-state index in [4.69, 9.17) is 5.11 Å². The van der Waals surface area contributed by atoms with Crippen molar-refractivity contribution in [3.8, 4) is 0 Å². The highest BCUT2D eigenvalue weighted by molar-refractivity contribution is 5.78. The van der Waals surface area contributed by atoms with Gasteiger partial charge in [0, 0.05) is 0 Å². The maximum Gasteiger partial charge on any atom is 0.329 e. The number of amides is 1. The van der Waals surface area contributed by atoms with Gasteiger partial charge in [-0.1, -0.05) is 12.1 Å². The molecule has 0 unspecified atom stereocenters. The first kappa shape index (κ1) is 14.1. The molecule has 0 spiro atoms. The molecule has 0 aliphatic heterocycles. The first-order valence-electron chi connectivity index (χ1n) is 5.33. The minimum atomic E-state index is -1.14. The molecular formula is C12H14FNO4. The fraction of sp³-hybridized carbons (Fsp3) is 0.333. The normalized spacial score (nSPS) is 11.9. The van der Waals surface area contributed by atoms with E-state index in [2.05, 4.69) is 10.1 Å². The number of rotatable bonds is 6. The third-order valence-electron chi connectivity index (χ3n) is 2.18. The highest BCUT2D eigenvalue weighted by Gasteiger charge is 2.10. The van der Waals surface area contributed by atoms with Gasteiger partial charge < -0.3 is 15.2 Å². The minimum absolute atomic E-state index is 0.341. The zero-order valence-corrected chi connectivity index (χ0v) is 9.85. The van der Waals surface area contributed by atoms with Crippen LogP contribution in [0.15, 0.2) is 24.3 Å². The Bertz CT molecular complexity index is 436. The molecule has 0 aromatic heterocycles. The van der Waals surface area contributed by atoms with Crippen molar-refractivity contribution in [2.75, 3.05) is 13.2 Å². The first-order valence-corrected chi connectivity index (χ1v) is 5.33. The number of carbonyl (C=O) groups is 2. The molecule has 98 valence electrons. The molecule has 0 saturated carbocycles. The van der Waals surface area contributed by atoms with E-state index in [0.29, 0.717) is 5.56 Å². The Hall–Kier alpha value is -1.95. The molecule has 0 bridgehead atoms. The fourth-order valence-electron chi connectivity index (χ4n) is 1.37. The number of carboxylic acid groups (broad SMARTS) is 1. The summed E-state index contributed by atoms with van der Waals surface area (Å²) in [6.45, 7) is 0.831. The molecule has 5 nitrogen and oxygen atoms in total. The van der Waals surface area contributed by atoms with Gasteiger partial charge >= 0.3 is 5.97 Å². The van der Waals surface area contributed by atoms with Crippen LogP contribution in [-0.4, -0.2) is 30.2 Å². The summed E-state index contributed by atoms with van der Waals surface area (Å²) in [4.78, 5) is 21.5. The average Bonchev–Trinajstić information content (AvgIpc) is 2.28. The topological polar surface area (TPSA) is 75.6 Å². The fourth-order valence-corrected chi connectivity index (χ4v) is 1.37. The molecule has 6 heteroatoms. The molecule has 1 aromatic carbocycles. The van der Waals surface area contributed by atoms with Crippen LogP contribution in [0.2, 0.25) is 0 Å². The molecule has 1 rings (SSSR count). The number of hydrogen-bond donors (Lipinski definition) is 2. The molecule has 2 N–H and O–H groups in total. The minimum Gasteiger partial charge on any atom is -0.480 e. The van der Waals surface area contributed by atoms with Crippen LogP contribution in [0.25, 0.3) is 0 Å². The molecule has 1 aromatic rings. The average molecular weight is 255 g/mol. The van der Waals surface area contributed by atoms with Crippen LogP contribution < -0.4 is 5.32 Å². The van der Waals surface area contributed by atoms with E-state index in [-0.39, 0.29) is 18.5 Å². The first-order chi connectivity index (χ1) is 8.49. The van der Waals surface area contributed by atoms with Crippen molar-refractivity contribution in [3.05, 3.63) is 35.6 Å². The zero-order valence-electron chi connectivity index (χ0n) is 9.85. The lowest BCUT2D eigenvalue weighted by molar-refractivity contribution is -0.143. The Kier molecular flexibility index (Phi) is 5.26. The van der Waals surface area contributed by atoms with Crippen LogP contribution in [0.4, 0.5) is 4.39 Å². The van der Waals surface area contributed by atoms with Crippen LogP contribution in [-0.2, 0) is 14.3 Å². The van der Waals surface area contributed by atoms with E-state index >= 15 is 0 Å². The van der Waals surface area contributed by atoms with Crippen molar-refractivity contribution in [1.29, 1.82) is 0 Å². The number of carboxylic acids is 1. The standard InChI is InChI=1S/C12H14FNO4/c1-8(9-3-2-4-10(13)5-9)14-11(15)6-18-7-12(16)17/h2-5,8H,6-7H2,1H3,(H,14,15)(H,16,17)/t8-/m0/s1. The van der Waals surface area contributed by atoms with Crippen LogP contribution >= 0.6 is 0 Å².